The highest BCUT2D eigenvalue weighted by Crippen LogP contribution is 2.31. The molecule has 3 unspecified atom stereocenters. The van der Waals surface area contributed by atoms with Gasteiger partial charge in [-0.05, 0) is 68.1 Å². The van der Waals surface area contributed by atoms with Gasteiger partial charge in [0, 0.05) is 24.8 Å². The molecule has 7 heteroatoms. The van der Waals surface area contributed by atoms with Gasteiger partial charge in [-0.1, -0.05) is 18.2 Å². The lowest BCUT2D eigenvalue weighted by Gasteiger charge is -2.39. The first-order valence-electron chi connectivity index (χ1n) is 10.2. The molecule has 1 aliphatic heterocycles. The number of likely N-dealkylation sites (tertiary alicyclic amines) is 1. The summed E-state index contributed by atoms with van der Waals surface area (Å²) in [7, 11) is 0. The molecule has 1 fully saturated rings. The zero-order valence-corrected chi connectivity index (χ0v) is 17.0. The summed E-state index contributed by atoms with van der Waals surface area (Å²) in [6.45, 7) is 3.58. The maximum atomic E-state index is 13.1. The van der Waals surface area contributed by atoms with Gasteiger partial charge in [0.1, 0.15) is 5.82 Å². The van der Waals surface area contributed by atoms with Crippen LogP contribution in [0.4, 0.5) is 14.9 Å². The number of anilines is 1. The lowest BCUT2D eigenvalue weighted by molar-refractivity contribution is 0.0690. The molecule has 0 bridgehead atoms. The van der Waals surface area contributed by atoms with E-state index in [9.17, 15) is 14.3 Å². The van der Waals surface area contributed by atoms with E-state index in [1.807, 2.05) is 18.2 Å². The summed E-state index contributed by atoms with van der Waals surface area (Å²) in [4.78, 5) is 14.3. The fourth-order valence-electron chi connectivity index (χ4n) is 3.92. The van der Waals surface area contributed by atoms with Gasteiger partial charge in [0.2, 0.25) is 0 Å². The highest BCUT2D eigenvalue weighted by Gasteiger charge is 2.27. The molecule has 1 heterocycles. The van der Waals surface area contributed by atoms with Gasteiger partial charge in [-0.15, -0.1) is 0 Å². The molecule has 0 aromatic heterocycles. The molecule has 2 aromatic carbocycles. The van der Waals surface area contributed by atoms with E-state index < -0.39 is 12.1 Å². The first-order valence-corrected chi connectivity index (χ1v) is 10.2. The molecule has 1 aliphatic rings. The average Bonchev–Trinajstić information content (AvgIpc) is 2.74. The highest BCUT2D eigenvalue weighted by atomic mass is 19.1. The fraction of sp³-hybridized carbons (Fsp3) is 0.391. The minimum Gasteiger partial charge on any atom is -0.390 e. The molecular weight excluding hydrogens is 383 g/mol. The number of carbonyl (C=O) groups excluding carboxylic acids is 1. The van der Waals surface area contributed by atoms with Crippen molar-refractivity contribution in [2.75, 3.05) is 25.0 Å². The fourth-order valence-corrected chi connectivity index (χ4v) is 3.92. The van der Waals surface area contributed by atoms with E-state index in [-0.39, 0.29) is 18.4 Å². The number of piperidine rings is 1. The van der Waals surface area contributed by atoms with E-state index in [0.29, 0.717) is 23.7 Å². The maximum absolute atomic E-state index is 13.1. The standard InChI is InChI=1S/C23H27FN4O2/c1-16-11-19(18-5-7-20(24)8-6-18)9-10-28(16)15-22(29)14-26-23(30)27-21-4-2-3-17(12-21)13-25/h2-8,12,16,19,22,29H,9-11,14-15H2,1H3,(H2,26,27,30). The molecule has 1 saturated heterocycles. The van der Waals surface area contributed by atoms with Crippen molar-refractivity contribution in [3.8, 4) is 6.07 Å². The molecule has 30 heavy (non-hydrogen) atoms. The molecule has 3 atom stereocenters. The summed E-state index contributed by atoms with van der Waals surface area (Å²) in [6.07, 6.45) is 1.21. The van der Waals surface area contributed by atoms with Crippen molar-refractivity contribution in [2.45, 2.75) is 37.8 Å². The number of aliphatic hydroxyl groups is 1. The lowest BCUT2D eigenvalue weighted by Crippen LogP contribution is -2.47. The molecule has 6 nitrogen and oxygen atoms in total. The van der Waals surface area contributed by atoms with Crippen LogP contribution in [0.25, 0.3) is 0 Å². The van der Waals surface area contributed by atoms with Crippen LogP contribution < -0.4 is 10.6 Å². The summed E-state index contributed by atoms with van der Waals surface area (Å²) in [5.74, 6) is 0.170. The van der Waals surface area contributed by atoms with Gasteiger partial charge in [0.05, 0.1) is 17.7 Å². The van der Waals surface area contributed by atoms with Gasteiger partial charge in [-0.3, -0.25) is 4.90 Å². The minimum absolute atomic E-state index is 0.133. The number of hydrogen-bond acceptors (Lipinski definition) is 4. The number of β-amino-alcohol motifs (C(OH)–C–C–N with tert-alkyl or cyclic N) is 1. The Hall–Kier alpha value is -2.95. The van der Waals surface area contributed by atoms with Crippen molar-refractivity contribution >= 4 is 11.7 Å². The highest BCUT2D eigenvalue weighted by molar-refractivity contribution is 5.89. The number of rotatable bonds is 6. The molecule has 158 valence electrons. The van der Waals surface area contributed by atoms with Crippen molar-refractivity contribution in [3.63, 3.8) is 0 Å². The normalized spacial score (nSPS) is 20.2. The van der Waals surface area contributed by atoms with Crippen LogP contribution in [-0.4, -0.2) is 47.8 Å². The zero-order valence-electron chi connectivity index (χ0n) is 17.0. The van der Waals surface area contributed by atoms with Gasteiger partial charge >= 0.3 is 6.03 Å². The Balaban J connectivity index is 1.42. The molecule has 0 saturated carbocycles. The van der Waals surface area contributed by atoms with Gasteiger partial charge < -0.3 is 15.7 Å². The molecule has 2 amide bonds. The number of carbonyl (C=O) groups is 1. The molecule has 0 aliphatic carbocycles. The van der Waals surface area contributed by atoms with E-state index in [4.69, 9.17) is 5.26 Å². The van der Waals surface area contributed by atoms with Crippen molar-refractivity contribution in [1.29, 1.82) is 5.26 Å². The molecule has 3 N–H and O–H groups in total. The van der Waals surface area contributed by atoms with Crippen LogP contribution in [0.3, 0.4) is 0 Å². The summed E-state index contributed by atoms with van der Waals surface area (Å²) in [6, 6.07) is 15.2. The topological polar surface area (TPSA) is 88.4 Å². The van der Waals surface area contributed by atoms with E-state index in [0.717, 1.165) is 24.9 Å². The largest absolute Gasteiger partial charge is 0.390 e. The molecule has 2 aromatic rings. The van der Waals surface area contributed by atoms with Crippen LogP contribution in [-0.2, 0) is 0 Å². The Morgan fingerprint density at radius 3 is 2.80 bits per heavy atom. The van der Waals surface area contributed by atoms with Crippen molar-refractivity contribution in [2.24, 2.45) is 0 Å². The van der Waals surface area contributed by atoms with Gasteiger partial charge in [0.15, 0.2) is 0 Å². The molecule has 0 spiro atoms. The number of urea groups is 1. The van der Waals surface area contributed by atoms with Crippen LogP contribution >= 0.6 is 0 Å². The number of hydrogen-bond donors (Lipinski definition) is 3. The number of aliphatic hydroxyl groups excluding tert-OH is 1. The quantitative estimate of drug-likeness (QED) is 0.681. The van der Waals surface area contributed by atoms with Gasteiger partial charge in [0.25, 0.3) is 0 Å². The summed E-state index contributed by atoms with van der Waals surface area (Å²) in [5, 5.41) is 24.6. The van der Waals surface area contributed by atoms with Crippen LogP contribution in [0, 0.1) is 17.1 Å². The Labute approximate surface area is 176 Å². The minimum atomic E-state index is -0.689. The smallest absolute Gasteiger partial charge is 0.319 e. The lowest BCUT2D eigenvalue weighted by atomic mass is 9.85. The average molecular weight is 410 g/mol. The second-order valence-electron chi connectivity index (χ2n) is 7.80. The van der Waals surface area contributed by atoms with Crippen LogP contribution in [0.1, 0.15) is 36.8 Å². The van der Waals surface area contributed by atoms with Crippen LogP contribution in [0.2, 0.25) is 0 Å². The number of amides is 2. The van der Waals surface area contributed by atoms with Crippen molar-refractivity contribution < 1.29 is 14.3 Å². The van der Waals surface area contributed by atoms with Crippen molar-refractivity contribution in [1.82, 2.24) is 10.2 Å². The van der Waals surface area contributed by atoms with Gasteiger partial charge in [-0.2, -0.15) is 5.26 Å². The van der Waals surface area contributed by atoms with E-state index in [2.05, 4.69) is 22.5 Å². The number of halogens is 1. The van der Waals surface area contributed by atoms with Crippen LogP contribution in [0.15, 0.2) is 48.5 Å². The van der Waals surface area contributed by atoms with Crippen LogP contribution in [0.5, 0.6) is 0 Å². The zero-order chi connectivity index (χ0) is 21.5. The number of nitriles is 1. The SMILES string of the molecule is CC1CC(c2ccc(F)cc2)CCN1CC(O)CNC(=O)Nc1cccc(C#N)c1. The third-order valence-electron chi connectivity index (χ3n) is 5.55. The number of nitrogens with zero attached hydrogens (tertiary/aromatic N) is 2. The molecular formula is C23H27FN4O2. The molecule has 0 radical (unpaired) electrons. The monoisotopic (exact) mass is 410 g/mol. The number of benzene rings is 2. The first kappa shape index (κ1) is 21.8. The van der Waals surface area contributed by atoms with E-state index in [1.165, 1.54) is 12.1 Å². The third kappa shape index (κ3) is 6.02. The Bertz CT molecular complexity index is 897. The predicted molar refractivity (Wildman–Crippen MR) is 114 cm³/mol. The second-order valence-corrected chi connectivity index (χ2v) is 7.80. The van der Waals surface area contributed by atoms with Crippen molar-refractivity contribution in [3.05, 3.63) is 65.5 Å². The predicted octanol–water partition coefficient (Wildman–Crippen LogP) is 3.45. The Kier molecular flexibility index (Phi) is 7.39. The van der Waals surface area contributed by atoms with Gasteiger partial charge in [-0.25, -0.2) is 9.18 Å². The molecule has 3 rings (SSSR count). The van der Waals surface area contributed by atoms with E-state index in [1.54, 1.807) is 24.3 Å². The maximum Gasteiger partial charge on any atom is 0.319 e. The third-order valence-corrected chi connectivity index (χ3v) is 5.55. The summed E-state index contributed by atoms with van der Waals surface area (Å²) >= 11 is 0. The summed E-state index contributed by atoms with van der Waals surface area (Å²) < 4.78 is 13.1. The number of nitrogens with one attached hydrogen (secondary N) is 2. The van der Waals surface area contributed by atoms with E-state index >= 15 is 0 Å². The second kappa shape index (κ2) is 10.2. The Morgan fingerprint density at radius 2 is 2.10 bits per heavy atom. The first-order chi connectivity index (χ1) is 14.4. The Morgan fingerprint density at radius 1 is 1.33 bits per heavy atom. The summed E-state index contributed by atoms with van der Waals surface area (Å²) in [5.41, 5.74) is 2.14.